The topological polar surface area (TPSA) is 73.9 Å². The number of aromatic amines is 1. The van der Waals surface area contributed by atoms with E-state index in [9.17, 15) is 4.79 Å². The van der Waals surface area contributed by atoms with E-state index in [0.717, 1.165) is 29.8 Å². The number of H-pyrrole nitrogens is 1. The summed E-state index contributed by atoms with van der Waals surface area (Å²) in [5.41, 5.74) is 4.74. The number of carbonyl (C=O) groups is 1. The minimum atomic E-state index is -0.192. The molecule has 1 aromatic carbocycles. The van der Waals surface area contributed by atoms with Crippen molar-refractivity contribution in [1.82, 2.24) is 20.3 Å². The quantitative estimate of drug-likeness (QED) is 0.704. The van der Waals surface area contributed by atoms with Gasteiger partial charge in [-0.05, 0) is 48.7 Å². The monoisotopic (exact) mass is 357 g/mol. The Bertz CT molecular complexity index is 1030. The van der Waals surface area contributed by atoms with Gasteiger partial charge >= 0.3 is 0 Å². The summed E-state index contributed by atoms with van der Waals surface area (Å²) < 4.78 is 0. The van der Waals surface area contributed by atoms with Crippen LogP contribution in [0.15, 0.2) is 48.9 Å². The number of pyridine rings is 1. The SMILES string of the molecule is CC#CN1CCc2cc(-c3ncc(C(=O)NCc4cccnc4)[nH]3)ccc21. The number of imidazole rings is 1. The third-order valence-corrected chi connectivity index (χ3v) is 4.49. The van der Waals surface area contributed by atoms with Crippen LogP contribution >= 0.6 is 0 Å². The molecule has 0 spiro atoms. The molecule has 0 saturated heterocycles. The van der Waals surface area contributed by atoms with Crippen molar-refractivity contribution in [3.05, 3.63) is 65.7 Å². The first-order valence-electron chi connectivity index (χ1n) is 8.80. The summed E-state index contributed by atoms with van der Waals surface area (Å²) in [5.74, 6) is 3.44. The lowest BCUT2D eigenvalue weighted by atomic mass is 10.1. The van der Waals surface area contributed by atoms with Gasteiger partial charge in [0.25, 0.3) is 5.91 Å². The van der Waals surface area contributed by atoms with Gasteiger partial charge in [-0.25, -0.2) is 4.98 Å². The smallest absolute Gasteiger partial charge is 0.269 e. The van der Waals surface area contributed by atoms with Gasteiger partial charge in [-0.1, -0.05) is 12.0 Å². The molecule has 1 aliphatic heterocycles. The van der Waals surface area contributed by atoms with E-state index in [1.165, 1.54) is 5.56 Å². The number of hydrogen-bond acceptors (Lipinski definition) is 4. The molecule has 134 valence electrons. The van der Waals surface area contributed by atoms with Crippen LogP contribution in [0.2, 0.25) is 0 Å². The van der Waals surface area contributed by atoms with Crippen molar-refractivity contribution in [2.75, 3.05) is 11.4 Å². The Kier molecular flexibility index (Phi) is 4.58. The molecule has 0 fully saturated rings. The predicted octanol–water partition coefficient (Wildman–Crippen LogP) is 2.75. The van der Waals surface area contributed by atoms with Gasteiger partial charge in [-0.2, -0.15) is 0 Å². The van der Waals surface area contributed by atoms with Crippen LogP contribution in [0.1, 0.15) is 28.5 Å². The summed E-state index contributed by atoms with van der Waals surface area (Å²) in [4.78, 5) is 25.9. The maximum Gasteiger partial charge on any atom is 0.269 e. The van der Waals surface area contributed by atoms with Gasteiger partial charge in [-0.3, -0.25) is 9.78 Å². The van der Waals surface area contributed by atoms with Crippen LogP contribution < -0.4 is 10.2 Å². The Morgan fingerprint density at radius 2 is 2.26 bits per heavy atom. The number of anilines is 1. The molecule has 1 amide bonds. The van der Waals surface area contributed by atoms with Crippen LogP contribution in [0.25, 0.3) is 11.4 Å². The van der Waals surface area contributed by atoms with E-state index >= 15 is 0 Å². The van der Waals surface area contributed by atoms with Crippen molar-refractivity contribution < 1.29 is 4.79 Å². The van der Waals surface area contributed by atoms with E-state index < -0.39 is 0 Å². The minimum Gasteiger partial charge on any atom is -0.347 e. The van der Waals surface area contributed by atoms with E-state index in [0.29, 0.717) is 18.1 Å². The third kappa shape index (κ3) is 3.53. The Hall–Kier alpha value is -3.59. The van der Waals surface area contributed by atoms with Crippen LogP contribution in [0.3, 0.4) is 0 Å². The Labute approximate surface area is 157 Å². The molecule has 3 heterocycles. The standard InChI is InChI=1S/C21H19N5O/c1-2-9-26-10-7-16-11-17(5-6-19(16)26)20-23-14-18(25-20)21(27)24-13-15-4-3-8-22-12-15/h3-6,8,11-12,14H,7,10,13H2,1H3,(H,23,25)(H,24,27). The highest BCUT2D eigenvalue weighted by Crippen LogP contribution is 2.31. The number of amides is 1. The van der Waals surface area contributed by atoms with Gasteiger partial charge in [0.1, 0.15) is 11.5 Å². The highest BCUT2D eigenvalue weighted by atomic mass is 16.1. The molecule has 6 heteroatoms. The first-order valence-corrected chi connectivity index (χ1v) is 8.80. The van der Waals surface area contributed by atoms with E-state index in [4.69, 9.17) is 0 Å². The van der Waals surface area contributed by atoms with E-state index in [-0.39, 0.29) is 5.91 Å². The molecule has 0 saturated carbocycles. The number of fused-ring (bicyclic) bond motifs is 1. The van der Waals surface area contributed by atoms with Gasteiger partial charge in [0.2, 0.25) is 0 Å². The lowest BCUT2D eigenvalue weighted by molar-refractivity contribution is 0.0946. The molecule has 6 nitrogen and oxygen atoms in total. The number of aromatic nitrogens is 3. The summed E-state index contributed by atoms with van der Waals surface area (Å²) in [7, 11) is 0. The second-order valence-electron chi connectivity index (χ2n) is 6.30. The summed E-state index contributed by atoms with van der Waals surface area (Å²) in [5, 5.41) is 2.87. The lowest BCUT2D eigenvalue weighted by Gasteiger charge is -2.10. The van der Waals surface area contributed by atoms with Crippen molar-refractivity contribution >= 4 is 11.6 Å². The maximum absolute atomic E-state index is 12.3. The molecule has 0 atom stereocenters. The van der Waals surface area contributed by atoms with Gasteiger partial charge in [-0.15, -0.1) is 0 Å². The largest absolute Gasteiger partial charge is 0.347 e. The second kappa shape index (κ2) is 7.34. The number of carbonyl (C=O) groups excluding carboxylic acids is 1. The average Bonchev–Trinajstić information content (AvgIpc) is 3.35. The number of nitrogens with one attached hydrogen (secondary N) is 2. The fraction of sp³-hybridized carbons (Fsp3) is 0.190. The molecule has 0 unspecified atom stereocenters. The van der Waals surface area contributed by atoms with Crippen molar-refractivity contribution in [2.45, 2.75) is 19.9 Å². The van der Waals surface area contributed by atoms with Crippen LogP contribution in [-0.2, 0) is 13.0 Å². The summed E-state index contributed by atoms with van der Waals surface area (Å²) in [6.45, 7) is 3.17. The van der Waals surface area contributed by atoms with Crippen LogP contribution in [0.5, 0.6) is 0 Å². The van der Waals surface area contributed by atoms with Gasteiger partial charge in [0, 0.05) is 37.1 Å². The second-order valence-corrected chi connectivity index (χ2v) is 6.30. The Balaban J connectivity index is 1.48. The van der Waals surface area contributed by atoms with Crippen molar-refractivity contribution in [2.24, 2.45) is 0 Å². The molecular formula is C21H19N5O. The molecule has 0 bridgehead atoms. The minimum absolute atomic E-state index is 0.192. The van der Waals surface area contributed by atoms with E-state index in [1.54, 1.807) is 18.6 Å². The van der Waals surface area contributed by atoms with Crippen molar-refractivity contribution in [1.29, 1.82) is 0 Å². The molecule has 3 aromatic rings. The summed E-state index contributed by atoms with van der Waals surface area (Å²) >= 11 is 0. The molecule has 2 aromatic heterocycles. The molecular weight excluding hydrogens is 338 g/mol. The lowest BCUT2D eigenvalue weighted by Crippen LogP contribution is -2.23. The highest BCUT2D eigenvalue weighted by molar-refractivity contribution is 5.92. The van der Waals surface area contributed by atoms with Gasteiger partial charge < -0.3 is 15.2 Å². The fourth-order valence-corrected chi connectivity index (χ4v) is 3.16. The molecule has 27 heavy (non-hydrogen) atoms. The average molecular weight is 357 g/mol. The third-order valence-electron chi connectivity index (χ3n) is 4.49. The summed E-state index contributed by atoms with van der Waals surface area (Å²) in [6.07, 6.45) is 5.96. The zero-order chi connectivity index (χ0) is 18.6. The van der Waals surface area contributed by atoms with Crippen LogP contribution in [-0.4, -0.2) is 27.4 Å². The number of rotatable bonds is 4. The Morgan fingerprint density at radius 3 is 3.07 bits per heavy atom. The molecule has 0 radical (unpaired) electrons. The fourth-order valence-electron chi connectivity index (χ4n) is 3.16. The zero-order valence-electron chi connectivity index (χ0n) is 15.0. The van der Waals surface area contributed by atoms with E-state index in [2.05, 4.69) is 49.3 Å². The van der Waals surface area contributed by atoms with Crippen molar-refractivity contribution in [3.8, 4) is 23.4 Å². The molecule has 0 aliphatic carbocycles. The van der Waals surface area contributed by atoms with Crippen LogP contribution in [0, 0.1) is 12.0 Å². The molecule has 4 rings (SSSR count). The van der Waals surface area contributed by atoms with Crippen molar-refractivity contribution in [3.63, 3.8) is 0 Å². The normalized spacial score (nSPS) is 12.3. The predicted molar refractivity (Wildman–Crippen MR) is 104 cm³/mol. The summed E-state index contributed by atoms with van der Waals surface area (Å²) in [6, 6.07) is 13.1. The number of hydrogen-bond donors (Lipinski definition) is 2. The van der Waals surface area contributed by atoms with Crippen LogP contribution in [0.4, 0.5) is 5.69 Å². The van der Waals surface area contributed by atoms with E-state index in [1.807, 2.05) is 25.1 Å². The Morgan fingerprint density at radius 1 is 1.33 bits per heavy atom. The zero-order valence-corrected chi connectivity index (χ0v) is 15.0. The molecule has 2 N–H and O–H groups in total. The first-order chi connectivity index (χ1) is 13.2. The van der Waals surface area contributed by atoms with Gasteiger partial charge in [0.15, 0.2) is 0 Å². The maximum atomic E-state index is 12.3. The number of nitrogens with zero attached hydrogens (tertiary/aromatic N) is 3. The number of benzene rings is 1. The molecule has 1 aliphatic rings. The first kappa shape index (κ1) is 16.9. The van der Waals surface area contributed by atoms with Gasteiger partial charge in [0.05, 0.1) is 11.9 Å². The highest BCUT2D eigenvalue weighted by Gasteiger charge is 2.19.